The van der Waals surface area contributed by atoms with Gasteiger partial charge in [-0.2, -0.15) is 0 Å². The average molecular weight is 335 g/mol. The fourth-order valence-electron chi connectivity index (χ4n) is 2.15. The first-order valence-corrected chi connectivity index (χ1v) is 7.54. The summed E-state index contributed by atoms with van der Waals surface area (Å²) in [6.45, 7) is 1.37. The van der Waals surface area contributed by atoms with Gasteiger partial charge in [0.15, 0.2) is 4.96 Å². The molecule has 0 saturated heterocycles. The topological polar surface area (TPSA) is 63.5 Å². The monoisotopic (exact) mass is 335 g/mol. The number of hydrogen-bond acceptors (Lipinski definition) is 4. The normalized spacial score (nSPS) is 10.9. The molecular formula is C15H11F2N3O2S. The van der Waals surface area contributed by atoms with Gasteiger partial charge in [0, 0.05) is 29.4 Å². The standard InChI is InChI=1S/C15H11F2N3O2S/c1-8-7-23-15-19-6-10(14(22)20(8)15)13(21)18-5-9-11(16)3-2-4-12(9)17/h2-4,6-7H,5H2,1H3,(H,18,21). The third-order valence-corrected chi connectivity index (χ3v) is 4.31. The molecule has 0 saturated carbocycles. The van der Waals surface area contributed by atoms with Crippen molar-refractivity contribution in [2.24, 2.45) is 0 Å². The van der Waals surface area contributed by atoms with Crippen LogP contribution in [-0.2, 0) is 6.54 Å². The molecule has 0 spiro atoms. The molecule has 0 aliphatic heterocycles. The molecule has 23 heavy (non-hydrogen) atoms. The molecule has 2 aromatic heterocycles. The second-order valence-corrected chi connectivity index (χ2v) is 5.69. The van der Waals surface area contributed by atoms with E-state index in [1.807, 2.05) is 0 Å². The van der Waals surface area contributed by atoms with Gasteiger partial charge in [0.1, 0.15) is 17.2 Å². The number of hydrogen-bond donors (Lipinski definition) is 1. The number of rotatable bonds is 3. The van der Waals surface area contributed by atoms with E-state index in [1.165, 1.54) is 28.0 Å². The van der Waals surface area contributed by atoms with Crippen molar-refractivity contribution in [2.45, 2.75) is 13.5 Å². The second-order valence-electron chi connectivity index (χ2n) is 4.85. The van der Waals surface area contributed by atoms with Crippen molar-refractivity contribution in [1.82, 2.24) is 14.7 Å². The molecule has 0 atom stereocenters. The van der Waals surface area contributed by atoms with Gasteiger partial charge >= 0.3 is 0 Å². The Labute approximate surface area is 133 Å². The van der Waals surface area contributed by atoms with Crippen LogP contribution in [0.2, 0.25) is 0 Å². The van der Waals surface area contributed by atoms with E-state index in [4.69, 9.17) is 0 Å². The number of carbonyl (C=O) groups excluding carboxylic acids is 1. The smallest absolute Gasteiger partial charge is 0.271 e. The van der Waals surface area contributed by atoms with E-state index < -0.39 is 23.1 Å². The van der Waals surface area contributed by atoms with Crippen LogP contribution in [-0.4, -0.2) is 15.3 Å². The van der Waals surface area contributed by atoms with Gasteiger partial charge in [0.05, 0.1) is 0 Å². The van der Waals surface area contributed by atoms with Gasteiger partial charge in [-0.25, -0.2) is 13.8 Å². The molecule has 3 aromatic rings. The third-order valence-electron chi connectivity index (χ3n) is 3.35. The molecule has 1 N–H and O–H groups in total. The summed E-state index contributed by atoms with van der Waals surface area (Å²) in [6.07, 6.45) is 1.17. The van der Waals surface area contributed by atoms with E-state index in [2.05, 4.69) is 10.3 Å². The van der Waals surface area contributed by atoms with Crippen LogP contribution in [0.3, 0.4) is 0 Å². The summed E-state index contributed by atoms with van der Waals surface area (Å²) in [6, 6.07) is 3.43. The van der Waals surface area contributed by atoms with Gasteiger partial charge in [-0.3, -0.25) is 14.0 Å². The van der Waals surface area contributed by atoms with Crippen molar-refractivity contribution in [3.63, 3.8) is 0 Å². The maximum atomic E-state index is 13.5. The van der Waals surface area contributed by atoms with Crippen LogP contribution in [0, 0.1) is 18.6 Å². The zero-order valence-electron chi connectivity index (χ0n) is 12.0. The van der Waals surface area contributed by atoms with Gasteiger partial charge in [-0.15, -0.1) is 11.3 Å². The molecule has 5 nitrogen and oxygen atoms in total. The summed E-state index contributed by atoms with van der Waals surface area (Å²) >= 11 is 1.28. The van der Waals surface area contributed by atoms with E-state index in [0.717, 1.165) is 12.1 Å². The van der Waals surface area contributed by atoms with Crippen LogP contribution >= 0.6 is 11.3 Å². The highest BCUT2D eigenvalue weighted by atomic mass is 32.1. The molecule has 1 aromatic carbocycles. The minimum Gasteiger partial charge on any atom is -0.348 e. The summed E-state index contributed by atoms with van der Waals surface area (Å²) in [7, 11) is 0. The van der Waals surface area contributed by atoms with E-state index in [9.17, 15) is 18.4 Å². The maximum absolute atomic E-state index is 13.5. The molecule has 0 fully saturated rings. The number of halogens is 2. The minimum atomic E-state index is -0.760. The van der Waals surface area contributed by atoms with Crippen molar-refractivity contribution in [3.8, 4) is 0 Å². The second kappa shape index (κ2) is 5.88. The minimum absolute atomic E-state index is 0.180. The number of fused-ring (bicyclic) bond motifs is 1. The molecule has 8 heteroatoms. The van der Waals surface area contributed by atoms with E-state index in [1.54, 1.807) is 12.3 Å². The Morgan fingerprint density at radius 1 is 1.35 bits per heavy atom. The van der Waals surface area contributed by atoms with Crippen LogP contribution in [0.1, 0.15) is 21.6 Å². The van der Waals surface area contributed by atoms with Crippen molar-refractivity contribution >= 4 is 22.2 Å². The number of thiazole rings is 1. The van der Waals surface area contributed by atoms with Crippen LogP contribution in [0.25, 0.3) is 4.96 Å². The van der Waals surface area contributed by atoms with Gasteiger partial charge in [0.2, 0.25) is 0 Å². The van der Waals surface area contributed by atoms with Gasteiger partial charge < -0.3 is 5.32 Å². The lowest BCUT2D eigenvalue weighted by molar-refractivity contribution is 0.0948. The highest BCUT2D eigenvalue weighted by Crippen LogP contribution is 2.13. The first kappa shape index (κ1) is 15.3. The summed E-state index contributed by atoms with van der Waals surface area (Å²) in [5, 5.41) is 4.10. The van der Waals surface area contributed by atoms with Crippen molar-refractivity contribution < 1.29 is 13.6 Å². The van der Waals surface area contributed by atoms with Gasteiger partial charge in [-0.05, 0) is 19.1 Å². The lowest BCUT2D eigenvalue weighted by Crippen LogP contribution is -2.31. The van der Waals surface area contributed by atoms with Crippen molar-refractivity contribution in [3.05, 3.63) is 68.6 Å². The van der Waals surface area contributed by atoms with Gasteiger partial charge in [-0.1, -0.05) is 6.07 Å². The number of nitrogens with one attached hydrogen (secondary N) is 1. The van der Waals surface area contributed by atoms with Crippen LogP contribution < -0.4 is 10.9 Å². The Hall–Kier alpha value is -2.61. The summed E-state index contributed by atoms with van der Waals surface area (Å²) in [5.74, 6) is -2.25. The quantitative estimate of drug-likeness (QED) is 0.799. The van der Waals surface area contributed by atoms with Gasteiger partial charge in [0.25, 0.3) is 11.5 Å². The van der Waals surface area contributed by atoms with E-state index in [0.29, 0.717) is 10.7 Å². The predicted molar refractivity (Wildman–Crippen MR) is 81.6 cm³/mol. The Balaban J connectivity index is 1.88. The first-order chi connectivity index (χ1) is 11.0. The molecule has 0 aliphatic rings. The molecule has 0 radical (unpaired) electrons. The molecular weight excluding hydrogens is 324 g/mol. The number of aromatic nitrogens is 2. The Bertz CT molecular complexity index is 945. The van der Waals surface area contributed by atoms with Crippen LogP contribution in [0.4, 0.5) is 8.78 Å². The highest BCUT2D eigenvalue weighted by Gasteiger charge is 2.16. The Kier molecular flexibility index (Phi) is 3.91. The molecule has 0 unspecified atom stereocenters. The zero-order chi connectivity index (χ0) is 16.6. The van der Waals surface area contributed by atoms with E-state index >= 15 is 0 Å². The molecule has 0 bridgehead atoms. The molecule has 118 valence electrons. The molecule has 0 aliphatic carbocycles. The Morgan fingerprint density at radius 2 is 2.04 bits per heavy atom. The molecule has 1 amide bonds. The lowest BCUT2D eigenvalue weighted by Gasteiger charge is -2.07. The van der Waals surface area contributed by atoms with Crippen LogP contribution in [0.15, 0.2) is 34.6 Å². The predicted octanol–water partition coefficient (Wildman–Crippen LogP) is 2.27. The van der Waals surface area contributed by atoms with Crippen LogP contribution in [0.5, 0.6) is 0 Å². The summed E-state index contributed by atoms with van der Waals surface area (Å²) in [5.41, 5.74) is -0.292. The number of nitrogens with zero attached hydrogens (tertiary/aromatic N) is 2. The molecule has 2 heterocycles. The SMILES string of the molecule is Cc1csc2ncc(C(=O)NCc3c(F)cccc3F)c(=O)n12. The highest BCUT2D eigenvalue weighted by molar-refractivity contribution is 7.15. The van der Waals surface area contributed by atoms with Crippen molar-refractivity contribution in [1.29, 1.82) is 0 Å². The van der Waals surface area contributed by atoms with Crippen molar-refractivity contribution in [2.75, 3.05) is 0 Å². The number of carbonyl (C=O) groups is 1. The summed E-state index contributed by atoms with van der Waals surface area (Å²) < 4.78 is 28.4. The average Bonchev–Trinajstić information content (AvgIpc) is 2.89. The fraction of sp³-hybridized carbons (Fsp3) is 0.133. The Morgan fingerprint density at radius 3 is 2.74 bits per heavy atom. The number of benzene rings is 1. The first-order valence-electron chi connectivity index (χ1n) is 6.66. The number of aryl methyl sites for hydroxylation is 1. The fourth-order valence-corrected chi connectivity index (χ4v) is 2.97. The largest absolute Gasteiger partial charge is 0.348 e. The third kappa shape index (κ3) is 2.72. The lowest BCUT2D eigenvalue weighted by atomic mass is 10.2. The summed E-state index contributed by atoms with van der Waals surface area (Å²) in [4.78, 5) is 29.0. The van der Waals surface area contributed by atoms with E-state index in [-0.39, 0.29) is 17.7 Å². The zero-order valence-corrected chi connectivity index (χ0v) is 12.8. The number of amides is 1. The molecule has 3 rings (SSSR count). The maximum Gasteiger partial charge on any atom is 0.271 e.